The fourth-order valence-corrected chi connectivity index (χ4v) is 5.15. The van der Waals surface area contributed by atoms with E-state index in [1.54, 1.807) is 10.7 Å². The molecule has 0 fully saturated rings. The lowest BCUT2D eigenvalue weighted by atomic mass is 9.85. The van der Waals surface area contributed by atoms with Crippen molar-refractivity contribution in [1.82, 2.24) is 14.8 Å². The lowest BCUT2D eigenvalue weighted by Crippen LogP contribution is -2.31. The van der Waals surface area contributed by atoms with Gasteiger partial charge < -0.3 is 5.32 Å². The zero-order chi connectivity index (χ0) is 20.7. The molecule has 5 nitrogen and oxygen atoms in total. The number of benzene rings is 2. The molecule has 0 unspecified atom stereocenters. The Kier molecular flexibility index (Phi) is 5.20. The Morgan fingerprint density at radius 1 is 1.20 bits per heavy atom. The van der Waals surface area contributed by atoms with Crippen molar-refractivity contribution in [1.29, 1.82) is 0 Å². The largest absolute Gasteiger partial charge is 0.328 e. The second-order valence-corrected chi connectivity index (χ2v) is 9.19. The summed E-state index contributed by atoms with van der Waals surface area (Å²) >= 11 is 4.98. The van der Waals surface area contributed by atoms with Gasteiger partial charge in [-0.3, -0.25) is 4.79 Å². The average molecular weight is 485 g/mol. The number of rotatable bonds is 4. The Morgan fingerprint density at radius 3 is 2.90 bits per heavy atom. The van der Waals surface area contributed by atoms with Crippen LogP contribution in [0, 0.1) is 5.82 Å². The number of nitrogens with one attached hydrogen (secondary N) is 1. The van der Waals surface area contributed by atoms with Gasteiger partial charge in [0.1, 0.15) is 11.9 Å². The van der Waals surface area contributed by atoms with E-state index in [4.69, 9.17) is 5.10 Å². The van der Waals surface area contributed by atoms with Gasteiger partial charge >= 0.3 is 0 Å². The molecule has 0 radical (unpaired) electrons. The van der Waals surface area contributed by atoms with E-state index in [0.717, 1.165) is 39.7 Å². The van der Waals surface area contributed by atoms with Crippen LogP contribution in [0.3, 0.4) is 0 Å². The van der Waals surface area contributed by atoms with E-state index in [9.17, 15) is 9.18 Å². The number of carbonyl (C=O) groups excluding carboxylic acids is 1. The first kappa shape index (κ1) is 19.5. The van der Waals surface area contributed by atoms with E-state index in [1.165, 1.54) is 23.9 Å². The molecule has 2 aromatic carbocycles. The van der Waals surface area contributed by atoms with Crippen LogP contribution in [0.25, 0.3) is 0 Å². The summed E-state index contributed by atoms with van der Waals surface area (Å²) in [6.45, 7) is 0. The third-order valence-electron chi connectivity index (χ3n) is 5.27. The van der Waals surface area contributed by atoms with Crippen LogP contribution in [0.2, 0.25) is 0 Å². The summed E-state index contributed by atoms with van der Waals surface area (Å²) in [7, 11) is 0. The van der Waals surface area contributed by atoms with Crippen molar-refractivity contribution in [2.24, 2.45) is 0 Å². The summed E-state index contributed by atoms with van der Waals surface area (Å²) in [6, 6.07) is 14.2. The van der Waals surface area contributed by atoms with Crippen molar-refractivity contribution >= 4 is 39.4 Å². The standard InChI is InChI=1S/C22H18BrFN4OS/c23-15-6-2-5-14(11-15)20-19-17(8-3-9-18(19)29)25-21-26-22(27-28(20)21)30-12-13-4-1-7-16(24)10-13/h1-2,4-7,10-11,20H,3,8-9,12H2,(H,25,26,27)/t20-/m0/s1. The number of hydrogen-bond acceptors (Lipinski definition) is 5. The molecule has 0 saturated carbocycles. The third-order valence-corrected chi connectivity index (χ3v) is 6.67. The number of anilines is 1. The summed E-state index contributed by atoms with van der Waals surface area (Å²) in [5.74, 6) is 1.10. The lowest BCUT2D eigenvalue weighted by molar-refractivity contribution is -0.116. The van der Waals surface area contributed by atoms with Crippen molar-refractivity contribution in [3.8, 4) is 0 Å². The Balaban J connectivity index is 1.51. The number of hydrogen-bond donors (Lipinski definition) is 1. The average Bonchev–Trinajstić information content (AvgIpc) is 3.13. The number of fused-ring (bicyclic) bond motifs is 1. The van der Waals surface area contributed by atoms with Crippen molar-refractivity contribution < 1.29 is 9.18 Å². The maximum Gasteiger partial charge on any atom is 0.227 e. The van der Waals surface area contributed by atoms with E-state index in [0.29, 0.717) is 23.3 Å². The molecule has 152 valence electrons. The highest BCUT2D eigenvalue weighted by atomic mass is 79.9. The molecule has 1 aliphatic heterocycles. The number of Topliss-reactive ketones (excluding diaryl/α,β-unsaturated/α-hetero) is 1. The molecule has 8 heteroatoms. The first-order chi connectivity index (χ1) is 14.6. The van der Waals surface area contributed by atoms with Crippen molar-refractivity contribution in [2.45, 2.75) is 36.2 Å². The fourth-order valence-electron chi connectivity index (χ4n) is 3.96. The van der Waals surface area contributed by atoms with Gasteiger partial charge in [-0.2, -0.15) is 4.98 Å². The van der Waals surface area contributed by atoms with Crippen LogP contribution >= 0.6 is 27.7 Å². The number of nitrogens with zero attached hydrogens (tertiary/aromatic N) is 3. The highest BCUT2D eigenvalue weighted by Crippen LogP contribution is 2.41. The van der Waals surface area contributed by atoms with Gasteiger partial charge in [0.2, 0.25) is 11.1 Å². The van der Waals surface area contributed by atoms with Crippen molar-refractivity contribution in [3.63, 3.8) is 0 Å². The topological polar surface area (TPSA) is 59.8 Å². The smallest absolute Gasteiger partial charge is 0.227 e. The maximum atomic E-state index is 13.5. The molecule has 0 bridgehead atoms. The SMILES string of the molecule is O=C1CCCC2=C1[C@H](c1cccc(Br)c1)n1nc(SCc3cccc(F)c3)nc1N2. The van der Waals surface area contributed by atoms with Gasteiger partial charge in [-0.05, 0) is 48.2 Å². The minimum atomic E-state index is -0.308. The number of carbonyl (C=O) groups is 1. The number of halogens is 2. The molecule has 1 atom stereocenters. The summed E-state index contributed by atoms with van der Waals surface area (Å²) in [5, 5.41) is 8.64. The van der Waals surface area contributed by atoms with Crippen LogP contribution in [0.5, 0.6) is 0 Å². The quantitative estimate of drug-likeness (QED) is 0.495. The number of ketones is 1. The normalized spacial score (nSPS) is 18.1. The molecule has 30 heavy (non-hydrogen) atoms. The van der Waals surface area contributed by atoms with Crippen LogP contribution in [0.1, 0.15) is 36.4 Å². The summed E-state index contributed by atoms with van der Waals surface area (Å²) < 4.78 is 16.2. The lowest BCUT2D eigenvalue weighted by Gasteiger charge is -2.32. The van der Waals surface area contributed by atoms with E-state index < -0.39 is 0 Å². The van der Waals surface area contributed by atoms with Crippen LogP contribution < -0.4 is 5.32 Å². The summed E-state index contributed by atoms with van der Waals surface area (Å²) in [6.07, 6.45) is 2.21. The molecule has 0 amide bonds. The van der Waals surface area contributed by atoms with Gasteiger partial charge in [0.25, 0.3) is 0 Å². The predicted molar refractivity (Wildman–Crippen MR) is 118 cm³/mol. The molecule has 0 spiro atoms. The number of aromatic nitrogens is 3. The monoisotopic (exact) mass is 484 g/mol. The second kappa shape index (κ2) is 8.00. The van der Waals surface area contributed by atoms with E-state index >= 15 is 0 Å². The molecule has 1 aliphatic carbocycles. The first-order valence-corrected chi connectivity index (χ1v) is 11.5. The molecule has 5 rings (SSSR count). The first-order valence-electron chi connectivity index (χ1n) is 9.71. The van der Waals surface area contributed by atoms with Crippen LogP contribution in [0.4, 0.5) is 10.3 Å². The van der Waals surface area contributed by atoms with Crippen LogP contribution in [-0.4, -0.2) is 20.5 Å². The van der Waals surface area contributed by atoms with Gasteiger partial charge in [0.05, 0.1) is 0 Å². The second-order valence-electron chi connectivity index (χ2n) is 7.33. The minimum absolute atomic E-state index is 0.156. The molecule has 3 aromatic rings. The molecular formula is C22H18BrFN4OS. The van der Waals surface area contributed by atoms with Gasteiger partial charge in [-0.15, -0.1) is 5.10 Å². The molecule has 2 aliphatic rings. The minimum Gasteiger partial charge on any atom is -0.328 e. The summed E-state index contributed by atoms with van der Waals surface area (Å²) in [5.41, 5.74) is 3.58. The molecule has 1 N–H and O–H groups in total. The maximum absolute atomic E-state index is 13.5. The third kappa shape index (κ3) is 3.70. The summed E-state index contributed by atoms with van der Waals surface area (Å²) in [4.78, 5) is 17.5. The van der Waals surface area contributed by atoms with Crippen molar-refractivity contribution in [3.05, 3.63) is 81.2 Å². The zero-order valence-corrected chi connectivity index (χ0v) is 18.3. The van der Waals surface area contributed by atoms with E-state index in [2.05, 4.69) is 26.2 Å². The molecular weight excluding hydrogens is 467 g/mol. The Labute approximate surface area is 185 Å². The highest BCUT2D eigenvalue weighted by Gasteiger charge is 2.36. The fraction of sp³-hybridized carbons (Fsp3) is 0.227. The Hall–Kier alpha value is -2.45. The Bertz CT molecular complexity index is 1180. The Morgan fingerprint density at radius 2 is 2.07 bits per heavy atom. The van der Waals surface area contributed by atoms with Crippen LogP contribution in [-0.2, 0) is 10.5 Å². The zero-order valence-electron chi connectivity index (χ0n) is 15.9. The number of thioether (sulfide) groups is 1. The predicted octanol–water partition coefficient (Wildman–Crippen LogP) is 5.49. The van der Waals surface area contributed by atoms with Crippen molar-refractivity contribution in [2.75, 3.05) is 5.32 Å². The number of allylic oxidation sites excluding steroid dienone is 2. The van der Waals surface area contributed by atoms with Gasteiger partial charge in [-0.25, -0.2) is 9.07 Å². The molecule has 2 heterocycles. The molecule has 0 saturated heterocycles. The van der Waals surface area contributed by atoms with Crippen LogP contribution in [0.15, 0.2) is 69.4 Å². The van der Waals surface area contributed by atoms with Gasteiger partial charge in [0.15, 0.2) is 5.78 Å². The van der Waals surface area contributed by atoms with E-state index in [1.807, 2.05) is 30.3 Å². The van der Waals surface area contributed by atoms with Gasteiger partial charge in [0, 0.05) is 27.9 Å². The van der Waals surface area contributed by atoms with Gasteiger partial charge in [-0.1, -0.05) is 52.0 Å². The molecule has 1 aromatic heterocycles. The van der Waals surface area contributed by atoms with E-state index in [-0.39, 0.29) is 17.6 Å². The highest BCUT2D eigenvalue weighted by molar-refractivity contribution is 9.10.